The summed E-state index contributed by atoms with van der Waals surface area (Å²) in [5.74, 6) is -0.737. The van der Waals surface area contributed by atoms with E-state index in [1.165, 1.54) is 18.3 Å². The van der Waals surface area contributed by atoms with Gasteiger partial charge in [0.2, 0.25) is 5.91 Å². The number of carbonyl (C=O) groups excluding carboxylic acids is 2. The molecule has 0 spiro atoms. The third kappa shape index (κ3) is 7.37. The predicted octanol–water partition coefficient (Wildman–Crippen LogP) is 1.41. The molecule has 0 bridgehead atoms. The van der Waals surface area contributed by atoms with Crippen LogP contribution >= 0.6 is 0 Å². The van der Waals surface area contributed by atoms with Crippen molar-refractivity contribution in [1.29, 1.82) is 0 Å². The molecule has 1 fully saturated rings. The van der Waals surface area contributed by atoms with Crippen molar-refractivity contribution < 1.29 is 18.7 Å². The van der Waals surface area contributed by atoms with Gasteiger partial charge in [-0.3, -0.25) is 19.5 Å². The minimum atomic E-state index is -0.316. The molecule has 0 saturated carbocycles. The van der Waals surface area contributed by atoms with Gasteiger partial charge in [0, 0.05) is 51.9 Å². The summed E-state index contributed by atoms with van der Waals surface area (Å²) < 4.78 is 18.4. The number of aryl methyl sites for hydroxylation is 1. The third-order valence-corrected chi connectivity index (χ3v) is 5.09. The number of hydrogen-bond acceptors (Lipinski definition) is 6. The monoisotopic (exact) mass is 429 g/mol. The standard InChI is InChI=1S/C22H28FN5O3/c1-17-14-25-20(16-24-17)22(30)28(9-8-27-10-12-31-13-11-27)7-6-21(29)26-15-18-2-4-19(23)5-3-18/h2-5,14,16H,6-13,15H2,1H3,(H,26,29). The molecule has 0 atom stereocenters. The third-order valence-electron chi connectivity index (χ3n) is 5.09. The van der Waals surface area contributed by atoms with Gasteiger partial charge in [0.1, 0.15) is 11.5 Å². The van der Waals surface area contributed by atoms with Gasteiger partial charge in [-0.2, -0.15) is 0 Å². The zero-order valence-corrected chi connectivity index (χ0v) is 17.7. The van der Waals surface area contributed by atoms with Crippen LogP contribution in [0.1, 0.15) is 28.2 Å². The number of ether oxygens (including phenoxy) is 1. The molecule has 1 saturated heterocycles. The fourth-order valence-electron chi connectivity index (χ4n) is 3.19. The fourth-order valence-corrected chi connectivity index (χ4v) is 3.19. The molecule has 2 aromatic rings. The van der Waals surface area contributed by atoms with Crippen molar-refractivity contribution in [2.75, 3.05) is 45.9 Å². The molecule has 1 aliphatic rings. The van der Waals surface area contributed by atoms with E-state index in [2.05, 4.69) is 20.2 Å². The first-order valence-electron chi connectivity index (χ1n) is 10.4. The number of benzene rings is 1. The van der Waals surface area contributed by atoms with E-state index in [0.717, 1.165) is 24.3 Å². The molecule has 8 nitrogen and oxygen atoms in total. The lowest BCUT2D eigenvalue weighted by atomic mass is 10.2. The van der Waals surface area contributed by atoms with Crippen LogP contribution < -0.4 is 5.32 Å². The lowest BCUT2D eigenvalue weighted by molar-refractivity contribution is -0.121. The second-order valence-electron chi connectivity index (χ2n) is 7.44. The first-order chi connectivity index (χ1) is 15.0. The lowest BCUT2D eigenvalue weighted by Crippen LogP contribution is -2.44. The van der Waals surface area contributed by atoms with Gasteiger partial charge in [-0.05, 0) is 24.6 Å². The zero-order chi connectivity index (χ0) is 22.1. The fraction of sp³-hybridized carbons (Fsp3) is 0.455. The van der Waals surface area contributed by atoms with E-state index in [-0.39, 0.29) is 36.3 Å². The molecule has 1 N–H and O–H groups in total. The smallest absolute Gasteiger partial charge is 0.274 e. The number of morpholine rings is 1. The van der Waals surface area contributed by atoms with E-state index < -0.39 is 0 Å². The maximum Gasteiger partial charge on any atom is 0.274 e. The summed E-state index contributed by atoms with van der Waals surface area (Å²) in [6.07, 6.45) is 3.19. The van der Waals surface area contributed by atoms with Crippen LogP contribution in [0.4, 0.5) is 4.39 Å². The molecule has 1 aliphatic heterocycles. The van der Waals surface area contributed by atoms with Gasteiger partial charge in [-0.1, -0.05) is 12.1 Å². The number of rotatable bonds is 9. The van der Waals surface area contributed by atoms with E-state index in [1.807, 2.05) is 6.92 Å². The second kappa shape index (κ2) is 11.5. The van der Waals surface area contributed by atoms with E-state index in [4.69, 9.17) is 4.74 Å². The molecular weight excluding hydrogens is 401 g/mol. The Morgan fingerprint density at radius 2 is 1.87 bits per heavy atom. The van der Waals surface area contributed by atoms with Crippen molar-refractivity contribution in [3.05, 3.63) is 59.4 Å². The van der Waals surface area contributed by atoms with Crippen LogP contribution in [-0.4, -0.2) is 77.5 Å². The summed E-state index contributed by atoms with van der Waals surface area (Å²) in [7, 11) is 0. The Kier molecular flexibility index (Phi) is 8.43. The van der Waals surface area contributed by atoms with Crippen LogP contribution in [0, 0.1) is 12.7 Å². The summed E-state index contributed by atoms with van der Waals surface area (Å²) >= 11 is 0. The molecule has 2 amide bonds. The quantitative estimate of drug-likeness (QED) is 0.649. The van der Waals surface area contributed by atoms with Crippen molar-refractivity contribution in [3.63, 3.8) is 0 Å². The first-order valence-corrected chi connectivity index (χ1v) is 10.4. The van der Waals surface area contributed by atoms with E-state index in [1.54, 1.807) is 23.2 Å². The Morgan fingerprint density at radius 3 is 2.55 bits per heavy atom. The minimum absolute atomic E-state index is 0.162. The summed E-state index contributed by atoms with van der Waals surface area (Å²) in [5, 5.41) is 2.81. The zero-order valence-electron chi connectivity index (χ0n) is 17.7. The molecule has 31 heavy (non-hydrogen) atoms. The number of halogens is 1. The number of nitrogens with one attached hydrogen (secondary N) is 1. The van der Waals surface area contributed by atoms with Crippen LogP contribution in [0.5, 0.6) is 0 Å². The molecule has 0 aliphatic carbocycles. The Hall–Kier alpha value is -2.91. The average Bonchev–Trinajstić information content (AvgIpc) is 2.79. The lowest BCUT2D eigenvalue weighted by Gasteiger charge is -2.30. The maximum absolute atomic E-state index is 13.0. The molecular formula is C22H28FN5O3. The van der Waals surface area contributed by atoms with Crippen molar-refractivity contribution in [3.8, 4) is 0 Å². The number of carbonyl (C=O) groups is 2. The van der Waals surface area contributed by atoms with Gasteiger partial charge in [0.25, 0.3) is 5.91 Å². The Balaban J connectivity index is 1.55. The maximum atomic E-state index is 13.0. The molecule has 2 heterocycles. The summed E-state index contributed by atoms with van der Waals surface area (Å²) in [6.45, 7) is 6.59. The number of aromatic nitrogens is 2. The van der Waals surface area contributed by atoms with Crippen LogP contribution in [0.2, 0.25) is 0 Å². The van der Waals surface area contributed by atoms with Crippen LogP contribution in [0.3, 0.4) is 0 Å². The molecule has 1 aromatic carbocycles. The van der Waals surface area contributed by atoms with Gasteiger partial charge in [-0.25, -0.2) is 9.37 Å². The average molecular weight is 429 g/mol. The molecule has 3 rings (SSSR count). The molecule has 0 unspecified atom stereocenters. The number of nitrogens with zero attached hydrogens (tertiary/aromatic N) is 4. The predicted molar refractivity (Wildman–Crippen MR) is 113 cm³/mol. The van der Waals surface area contributed by atoms with Crippen molar-refractivity contribution >= 4 is 11.8 Å². The van der Waals surface area contributed by atoms with Crippen molar-refractivity contribution in [2.24, 2.45) is 0 Å². The highest BCUT2D eigenvalue weighted by Crippen LogP contribution is 2.06. The first kappa shape index (κ1) is 22.8. The van der Waals surface area contributed by atoms with Crippen LogP contribution in [0.15, 0.2) is 36.7 Å². The topological polar surface area (TPSA) is 87.7 Å². The van der Waals surface area contributed by atoms with E-state index >= 15 is 0 Å². The van der Waals surface area contributed by atoms with Crippen molar-refractivity contribution in [2.45, 2.75) is 19.9 Å². The second-order valence-corrected chi connectivity index (χ2v) is 7.44. The largest absolute Gasteiger partial charge is 0.379 e. The molecule has 166 valence electrons. The molecule has 0 radical (unpaired) electrons. The van der Waals surface area contributed by atoms with E-state index in [0.29, 0.717) is 32.8 Å². The molecule has 9 heteroatoms. The van der Waals surface area contributed by atoms with Gasteiger partial charge in [-0.15, -0.1) is 0 Å². The highest BCUT2D eigenvalue weighted by molar-refractivity contribution is 5.92. The minimum Gasteiger partial charge on any atom is -0.379 e. The number of hydrogen-bond donors (Lipinski definition) is 1. The summed E-state index contributed by atoms with van der Waals surface area (Å²) in [4.78, 5) is 37.5. The van der Waals surface area contributed by atoms with Crippen molar-refractivity contribution in [1.82, 2.24) is 25.1 Å². The highest BCUT2D eigenvalue weighted by atomic mass is 19.1. The SMILES string of the molecule is Cc1cnc(C(=O)N(CCC(=O)NCc2ccc(F)cc2)CCN2CCOCC2)cn1. The summed E-state index contributed by atoms with van der Waals surface area (Å²) in [6, 6.07) is 5.97. The van der Waals surface area contributed by atoms with Gasteiger partial charge in [0.15, 0.2) is 0 Å². The Morgan fingerprint density at radius 1 is 1.13 bits per heavy atom. The summed E-state index contributed by atoms with van der Waals surface area (Å²) in [5.41, 5.74) is 1.81. The highest BCUT2D eigenvalue weighted by Gasteiger charge is 2.20. The normalized spacial score (nSPS) is 14.3. The number of amides is 2. The van der Waals surface area contributed by atoms with Gasteiger partial charge < -0.3 is 15.0 Å². The Labute approximate surface area is 181 Å². The van der Waals surface area contributed by atoms with E-state index in [9.17, 15) is 14.0 Å². The van der Waals surface area contributed by atoms with Crippen LogP contribution in [0.25, 0.3) is 0 Å². The molecule has 1 aromatic heterocycles. The van der Waals surface area contributed by atoms with Gasteiger partial charge >= 0.3 is 0 Å². The van der Waals surface area contributed by atoms with Gasteiger partial charge in [0.05, 0.1) is 25.1 Å². The Bertz CT molecular complexity index is 854. The van der Waals surface area contributed by atoms with Crippen LogP contribution in [-0.2, 0) is 16.1 Å².